The maximum absolute atomic E-state index is 2.70. The van der Waals surface area contributed by atoms with Crippen LogP contribution < -0.4 is 26.2 Å². The van der Waals surface area contributed by atoms with Gasteiger partial charge in [-0.3, -0.25) is 0 Å². The molecule has 0 aliphatic carbocycles. The third-order valence-corrected chi connectivity index (χ3v) is 17.6. The zero-order valence-electron chi connectivity index (χ0n) is 42.1. The summed E-state index contributed by atoms with van der Waals surface area (Å²) in [5.74, 6) is 0. The van der Waals surface area contributed by atoms with E-state index in [-0.39, 0.29) is 23.0 Å². The van der Waals surface area contributed by atoms with Gasteiger partial charge in [0.15, 0.2) is 0 Å². The first-order chi connectivity index (χ1) is 34.1. The van der Waals surface area contributed by atoms with Crippen LogP contribution in [0, 0.1) is 0 Å². The van der Waals surface area contributed by atoms with Gasteiger partial charge in [-0.2, -0.15) is 0 Å². The molecule has 0 aromatic heterocycles. The van der Waals surface area contributed by atoms with Crippen LogP contribution in [0.4, 0.5) is 34.1 Å². The quantitative estimate of drug-likeness (QED) is 0.140. The molecule has 4 aliphatic rings. The normalized spacial score (nSPS) is 14.1. The summed E-state index contributed by atoms with van der Waals surface area (Å²) in [6, 6.07) is 70.2. The number of para-hydroxylation sites is 2. The first kappa shape index (κ1) is 44.3. The monoisotopic (exact) mass is 952 g/mol. The lowest BCUT2D eigenvalue weighted by molar-refractivity contribution is 0.590. The van der Waals surface area contributed by atoms with E-state index in [2.05, 4.69) is 254 Å². The van der Waals surface area contributed by atoms with Crippen molar-refractivity contribution in [2.24, 2.45) is 0 Å². The summed E-state index contributed by atoms with van der Waals surface area (Å²) >= 11 is 3.79. The van der Waals surface area contributed by atoms with Gasteiger partial charge in [-0.1, -0.05) is 207 Å². The molecular formula is C66H57BN2S2. The van der Waals surface area contributed by atoms with Gasteiger partial charge >= 0.3 is 0 Å². The lowest BCUT2D eigenvalue weighted by Crippen LogP contribution is -2.62. The molecule has 0 spiro atoms. The number of rotatable bonds is 0. The minimum Gasteiger partial charge on any atom is -0.310 e. The Labute approximate surface area is 429 Å². The molecular weight excluding hydrogens is 896 g/mol. The molecule has 71 heavy (non-hydrogen) atoms. The van der Waals surface area contributed by atoms with Gasteiger partial charge in [-0.15, -0.1) is 0 Å². The van der Waals surface area contributed by atoms with E-state index >= 15 is 0 Å². The van der Waals surface area contributed by atoms with Crippen molar-refractivity contribution in [2.75, 3.05) is 9.80 Å². The molecule has 346 valence electrons. The molecule has 4 aliphatic heterocycles. The molecule has 0 unspecified atom stereocenters. The maximum atomic E-state index is 2.70. The summed E-state index contributed by atoms with van der Waals surface area (Å²) in [7, 11) is 0. The Balaban J connectivity index is 1.28. The zero-order valence-corrected chi connectivity index (χ0v) is 43.7. The summed E-state index contributed by atoms with van der Waals surface area (Å²) < 4.78 is 0. The molecule has 0 N–H and O–H groups in total. The van der Waals surface area contributed by atoms with Crippen LogP contribution in [0.1, 0.15) is 79.0 Å². The highest BCUT2D eigenvalue weighted by molar-refractivity contribution is 8.00. The zero-order chi connectivity index (χ0) is 48.7. The fourth-order valence-electron chi connectivity index (χ4n) is 11.6. The van der Waals surface area contributed by atoms with Gasteiger partial charge in [0.25, 0.3) is 6.71 Å². The number of benzene rings is 9. The van der Waals surface area contributed by atoms with Crippen molar-refractivity contribution in [3.05, 3.63) is 199 Å². The van der Waals surface area contributed by atoms with Crippen molar-refractivity contribution in [1.82, 2.24) is 0 Å². The van der Waals surface area contributed by atoms with Crippen LogP contribution in [-0.4, -0.2) is 6.71 Å². The Morgan fingerprint density at radius 3 is 0.958 bits per heavy atom. The average molecular weight is 953 g/mol. The Kier molecular flexibility index (Phi) is 9.94. The molecule has 2 nitrogen and oxygen atoms in total. The Morgan fingerprint density at radius 2 is 0.606 bits per heavy atom. The van der Waals surface area contributed by atoms with Gasteiger partial charge in [0.1, 0.15) is 0 Å². The molecule has 0 atom stereocenters. The molecule has 0 saturated heterocycles. The van der Waals surface area contributed by atoms with E-state index in [4.69, 9.17) is 0 Å². The molecule has 0 radical (unpaired) electrons. The maximum Gasteiger partial charge on any atom is 0.252 e. The summed E-state index contributed by atoms with van der Waals surface area (Å²) in [6.45, 7) is 21.4. The molecule has 13 rings (SSSR count). The van der Waals surface area contributed by atoms with Crippen LogP contribution in [0.25, 0.3) is 44.5 Å². The van der Waals surface area contributed by atoms with E-state index in [0.717, 1.165) is 0 Å². The van der Waals surface area contributed by atoms with E-state index in [1.54, 1.807) is 0 Å². The molecule has 0 amide bonds. The van der Waals surface area contributed by atoms with Crippen molar-refractivity contribution in [1.29, 1.82) is 0 Å². The molecule has 5 heteroatoms. The summed E-state index contributed by atoms with van der Waals surface area (Å²) in [5, 5.41) is 0. The molecule has 9 aromatic rings. The van der Waals surface area contributed by atoms with Crippen LogP contribution in [0.3, 0.4) is 0 Å². The van der Waals surface area contributed by atoms with Crippen molar-refractivity contribution in [3.8, 4) is 44.5 Å². The Hall–Kier alpha value is -6.66. The predicted molar refractivity (Wildman–Crippen MR) is 307 cm³/mol. The summed E-state index contributed by atoms with van der Waals surface area (Å²) in [5.41, 5.74) is 24.9. The Bertz CT molecular complexity index is 3470. The van der Waals surface area contributed by atoms with Gasteiger partial charge in [-0.05, 0) is 132 Å². The largest absolute Gasteiger partial charge is 0.310 e. The number of anilines is 6. The third-order valence-electron chi connectivity index (χ3n) is 15.3. The van der Waals surface area contributed by atoms with Crippen molar-refractivity contribution in [2.45, 2.75) is 98.1 Å². The van der Waals surface area contributed by atoms with E-state index in [1.165, 1.54) is 131 Å². The van der Waals surface area contributed by atoms with Gasteiger partial charge < -0.3 is 9.80 Å². The molecule has 0 saturated carbocycles. The fraction of sp³-hybridized carbons (Fsp3) is 0.182. The van der Waals surface area contributed by atoms with Crippen LogP contribution in [0.5, 0.6) is 0 Å². The SMILES string of the molecule is CC(C)(C)c1cc2c3c(c1)-c1ccccc1Sc1ccccc1-c1ccccc1N3c1cc(C(C)(C)C)cc3c1B2c1cc(C(C)(C)C)cc2c1N3c1ccccc1-c1ccccc1Sc1ccccc1-2. The highest BCUT2D eigenvalue weighted by Crippen LogP contribution is 2.57. The lowest BCUT2D eigenvalue weighted by Gasteiger charge is -2.48. The first-order valence-electron chi connectivity index (χ1n) is 25.2. The Morgan fingerprint density at radius 1 is 0.310 bits per heavy atom. The lowest BCUT2D eigenvalue weighted by atomic mass is 9.32. The van der Waals surface area contributed by atoms with E-state index in [0.29, 0.717) is 0 Å². The standard InChI is InChI=1S/C66H57BN2S2/c1-64(2,3)40-34-49-47-26-14-20-32-59(47)70-57-30-18-12-24-45(57)43-22-10-16-28-53(43)68-55-38-42(66(7,8)9)39-56-61(55)67(51(36-40)62(49)68)52-37-41(65(4,5)6)35-50-48-27-15-21-33-60(48)71-58-31-19-13-25-46(58)44-23-11-17-29-54(44)69(56)63(50)52/h10-39H,1-9H3. The molecule has 0 fully saturated rings. The second-order valence-electron chi connectivity index (χ2n) is 22.9. The van der Waals surface area contributed by atoms with E-state index in [1.807, 2.05) is 23.5 Å². The average Bonchev–Trinajstić information content (AvgIpc) is 3.35. The van der Waals surface area contributed by atoms with E-state index < -0.39 is 0 Å². The first-order valence-corrected chi connectivity index (χ1v) is 26.8. The smallest absolute Gasteiger partial charge is 0.252 e. The van der Waals surface area contributed by atoms with Gasteiger partial charge in [0.05, 0.1) is 11.4 Å². The number of nitrogens with zero attached hydrogens (tertiary/aromatic N) is 2. The number of hydrogen-bond acceptors (Lipinski definition) is 4. The van der Waals surface area contributed by atoms with Crippen LogP contribution in [0.2, 0.25) is 0 Å². The van der Waals surface area contributed by atoms with Gasteiger partial charge in [0, 0.05) is 64.6 Å². The van der Waals surface area contributed by atoms with Crippen LogP contribution in [0.15, 0.2) is 202 Å². The number of fused-ring (bicyclic) bond motifs is 16. The van der Waals surface area contributed by atoms with Crippen LogP contribution in [-0.2, 0) is 16.2 Å². The third kappa shape index (κ3) is 6.94. The fourth-order valence-corrected chi connectivity index (χ4v) is 13.8. The minimum absolute atomic E-state index is 0.0990. The van der Waals surface area contributed by atoms with Crippen molar-refractivity contribution < 1.29 is 0 Å². The highest BCUT2D eigenvalue weighted by atomic mass is 32.2. The van der Waals surface area contributed by atoms with Crippen LogP contribution >= 0.6 is 23.5 Å². The van der Waals surface area contributed by atoms with Gasteiger partial charge in [0.2, 0.25) is 0 Å². The second kappa shape index (κ2) is 15.9. The molecule has 9 aromatic carbocycles. The number of hydrogen-bond donors (Lipinski definition) is 0. The van der Waals surface area contributed by atoms with Crippen molar-refractivity contribution >= 4 is 80.7 Å². The highest BCUT2D eigenvalue weighted by Gasteiger charge is 2.48. The van der Waals surface area contributed by atoms with Crippen molar-refractivity contribution in [3.63, 3.8) is 0 Å². The predicted octanol–water partition coefficient (Wildman–Crippen LogP) is 17.3. The van der Waals surface area contributed by atoms with Gasteiger partial charge in [-0.25, -0.2) is 0 Å². The molecule has 4 heterocycles. The topological polar surface area (TPSA) is 6.48 Å². The minimum atomic E-state index is -0.182. The summed E-state index contributed by atoms with van der Waals surface area (Å²) in [4.78, 5) is 10.4. The summed E-state index contributed by atoms with van der Waals surface area (Å²) in [6.07, 6.45) is 0. The molecule has 0 bridgehead atoms. The van der Waals surface area contributed by atoms with E-state index in [9.17, 15) is 0 Å². The second-order valence-corrected chi connectivity index (χ2v) is 25.1.